The molecule has 0 fully saturated rings. The molecule has 0 bridgehead atoms. The molecule has 0 spiro atoms. The number of hydrogen-bond acceptors (Lipinski definition) is 4. The minimum Gasteiger partial charge on any atom is -0.444 e. The first kappa shape index (κ1) is 15.7. The van der Waals surface area contributed by atoms with Gasteiger partial charge in [0.05, 0.1) is 8.07 Å². The van der Waals surface area contributed by atoms with Gasteiger partial charge in [-0.3, -0.25) is 5.32 Å². The van der Waals surface area contributed by atoms with Gasteiger partial charge in [0.1, 0.15) is 10.2 Å². The summed E-state index contributed by atoms with van der Waals surface area (Å²) in [4.78, 5) is 15.9. The molecule has 0 saturated carbocycles. The molecule has 4 nitrogen and oxygen atoms in total. The Morgan fingerprint density at radius 3 is 2.33 bits per heavy atom. The topological polar surface area (TPSA) is 51.2 Å². The highest BCUT2D eigenvalue weighted by Gasteiger charge is 2.25. The van der Waals surface area contributed by atoms with Crippen LogP contribution in [0.25, 0.3) is 0 Å². The maximum absolute atomic E-state index is 11.6. The lowest BCUT2D eigenvalue weighted by Gasteiger charge is -2.19. The first-order valence-electron chi connectivity index (χ1n) is 5.66. The van der Waals surface area contributed by atoms with E-state index in [2.05, 4.69) is 45.9 Å². The Morgan fingerprint density at radius 1 is 1.39 bits per heavy atom. The summed E-state index contributed by atoms with van der Waals surface area (Å²) in [6.07, 6.45) is -0.467. The Kier molecular flexibility index (Phi) is 4.61. The highest BCUT2D eigenvalue weighted by molar-refractivity contribution is 9.10. The van der Waals surface area contributed by atoms with Crippen molar-refractivity contribution in [3.63, 3.8) is 0 Å². The van der Waals surface area contributed by atoms with Gasteiger partial charge in [0.2, 0.25) is 0 Å². The summed E-state index contributed by atoms with van der Waals surface area (Å²) in [5.41, 5.74) is -0.500. The number of halogens is 1. The van der Waals surface area contributed by atoms with Crippen molar-refractivity contribution in [2.24, 2.45) is 0 Å². The van der Waals surface area contributed by atoms with Crippen LogP contribution in [0.5, 0.6) is 0 Å². The van der Waals surface area contributed by atoms with Gasteiger partial charge in [-0.25, -0.2) is 9.78 Å². The second-order valence-corrected chi connectivity index (χ2v) is 13.1. The van der Waals surface area contributed by atoms with Gasteiger partial charge < -0.3 is 4.74 Å². The molecule has 1 N–H and O–H groups in total. The lowest BCUT2D eigenvalue weighted by Crippen LogP contribution is -2.36. The Balaban J connectivity index is 2.79. The van der Waals surface area contributed by atoms with Crippen molar-refractivity contribution >= 4 is 51.1 Å². The van der Waals surface area contributed by atoms with E-state index in [1.54, 1.807) is 0 Å². The Bertz CT molecular complexity index is 449. The fourth-order valence-electron chi connectivity index (χ4n) is 1.21. The van der Waals surface area contributed by atoms with E-state index in [0.717, 1.165) is 4.60 Å². The average Bonchev–Trinajstić information content (AvgIpc) is 2.41. The summed E-state index contributed by atoms with van der Waals surface area (Å²) < 4.78 is 7.25. The van der Waals surface area contributed by atoms with E-state index in [0.29, 0.717) is 5.13 Å². The molecule has 0 aliphatic heterocycles. The molecule has 0 aliphatic rings. The average molecular weight is 351 g/mol. The molecule has 0 saturated heterocycles. The monoisotopic (exact) mass is 350 g/mol. The number of nitrogens with one attached hydrogen (secondary N) is 1. The third kappa shape index (κ3) is 4.70. The Labute approximate surface area is 121 Å². The van der Waals surface area contributed by atoms with E-state index in [-0.39, 0.29) is 0 Å². The van der Waals surface area contributed by atoms with Gasteiger partial charge in [-0.05, 0) is 36.7 Å². The van der Waals surface area contributed by atoms with E-state index in [9.17, 15) is 4.79 Å². The van der Waals surface area contributed by atoms with E-state index >= 15 is 0 Å². The molecule has 0 unspecified atom stereocenters. The van der Waals surface area contributed by atoms with Crippen LogP contribution in [-0.2, 0) is 4.74 Å². The summed E-state index contributed by atoms with van der Waals surface area (Å²) in [7, 11) is -1.44. The molecule has 0 radical (unpaired) electrons. The number of carbonyl (C=O) groups is 1. The van der Waals surface area contributed by atoms with Gasteiger partial charge >= 0.3 is 6.09 Å². The van der Waals surface area contributed by atoms with Crippen LogP contribution in [0.1, 0.15) is 20.8 Å². The smallest absolute Gasteiger partial charge is 0.413 e. The molecule has 18 heavy (non-hydrogen) atoms. The largest absolute Gasteiger partial charge is 0.444 e. The van der Waals surface area contributed by atoms with E-state index in [1.807, 2.05) is 20.8 Å². The zero-order valence-corrected chi connectivity index (χ0v) is 15.0. The molecule has 7 heteroatoms. The second-order valence-electron chi connectivity index (χ2n) is 6.02. The number of amides is 1. The number of ether oxygens (including phenoxy) is 1. The standard InChI is InChI=1S/C11H19BrN2O2SSi/c1-11(2,3)16-10(15)14-9-13-7(12)8(17-9)18(4,5)6/h1-6H3,(H,13,14,15). The van der Waals surface area contributed by atoms with Gasteiger partial charge in [0.25, 0.3) is 0 Å². The SMILES string of the molecule is CC(C)(C)OC(=O)Nc1nc(Br)c([Si](C)(C)C)s1. The zero-order chi connectivity index (χ0) is 14.1. The molecule has 1 amide bonds. The van der Waals surface area contributed by atoms with Gasteiger partial charge in [0, 0.05) is 4.50 Å². The predicted octanol–water partition coefficient (Wildman–Crippen LogP) is 3.80. The third-order valence-electron chi connectivity index (χ3n) is 1.87. The lowest BCUT2D eigenvalue weighted by molar-refractivity contribution is 0.0636. The molecule has 1 rings (SSSR count). The number of thiazole rings is 1. The molecule has 1 heterocycles. The van der Waals surface area contributed by atoms with Crippen LogP contribution in [0.2, 0.25) is 19.6 Å². The van der Waals surface area contributed by atoms with Crippen molar-refractivity contribution in [3.05, 3.63) is 4.60 Å². The fraction of sp³-hybridized carbons (Fsp3) is 0.636. The normalized spacial score (nSPS) is 12.4. The summed E-state index contributed by atoms with van der Waals surface area (Å²) in [6, 6.07) is 0. The number of rotatable bonds is 2. The van der Waals surface area contributed by atoms with Gasteiger partial charge in [-0.15, -0.1) is 11.3 Å². The maximum atomic E-state index is 11.6. The number of aromatic nitrogens is 1. The summed E-state index contributed by atoms with van der Waals surface area (Å²) in [5, 5.41) is 3.25. The predicted molar refractivity (Wildman–Crippen MR) is 82.7 cm³/mol. The van der Waals surface area contributed by atoms with Crippen molar-refractivity contribution in [3.8, 4) is 0 Å². The number of anilines is 1. The fourth-order valence-corrected chi connectivity index (χ4v) is 6.31. The highest BCUT2D eigenvalue weighted by atomic mass is 79.9. The lowest BCUT2D eigenvalue weighted by atomic mass is 10.2. The molecule has 0 atom stereocenters. The van der Waals surface area contributed by atoms with Crippen molar-refractivity contribution in [1.29, 1.82) is 0 Å². The van der Waals surface area contributed by atoms with Gasteiger partial charge in [-0.1, -0.05) is 19.6 Å². The van der Waals surface area contributed by atoms with E-state index in [1.165, 1.54) is 15.8 Å². The van der Waals surface area contributed by atoms with Crippen LogP contribution < -0.4 is 9.82 Å². The first-order valence-corrected chi connectivity index (χ1v) is 10.8. The second kappa shape index (κ2) is 5.30. The quantitative estimate of drug-likeness (QED) is 0.825. The summed E-state index contributed by atoms with van der Waals surface area (Å²) >= 11 is 4.96. The van der Waals surface area contributed by atoms with E-state index in [4.69, 9.17) is 4.74 Å². The van der Waals surface area contributed by atoms with Crippen LogP contribution in [-0.4, -0.2) is 24.8 Å². The summed E-state index contributed by atoms with van der Waals surface area (Å²) in [6.45, 7) is 12.2. The minimum absolute atomic E-state index is 0.467. The molecule has 102 valence electrons. The van der Waals surface area contributed by atoms with E-state index < -0.39 is 19.8 Å². The molecule has 1 aromatic rings. The van der Waals surface area contributed by atoms with Crippen molar-refractivity contribution in [2.75, 3.05) is 5.32 Å². The molecule has 0 aromatic carbocycles. The van der Waals surface area contributed by atoms with Crippen molar-refractivity contribution in [1.82, 2.24) is 4.98 Å². The molecular formula is C11H19BrN2O2SSi. The van der Waals surface area contributed by atoms with Gasteiger partial charge in [-0.2, -0.15) is 0 Å². The van der Waals surface area contributed by atoms with Crippen molar-refractivity contribution in [2.45, 2.75) is 46.0 Å². The highest BCUT2D eigenvalue weighted by Crippen LogP contribution is 2.22. The van der Waals surface area contributed by atoms with Crippen LogP contribution in [0.15, 0.2) is 4.60 Å². The van der Waals surface area contributed by atoms with Crippen LogP contribution >= 0.6 is 27.3 Å². The third-order valence-corrected chi connectivity index (χ3v) is 7.60. The number of hydrogen-bond donors (Lipinski definition) is 1. The molecule has 0 aliphatic carbocycles. The first-order chi connectivity index (χ1) is 7.99. The molecule has 1 aromatic heterocycles. The Morgan fingerprint density at radius 2 is 1.94 bits per heavy atom. The minimum atomic E-state index is -1.44. The maximum Gasteiger partial charge on any atom is 0.413 e. The number of nitrogens with zero attached hydrogens (tertiary/aromatic N) is 1. The summed E-state index contributed by atoms with van der Waals surface area (Å²) in [5.74, 6) is 0. The Hall–Kier alpha value is -0.403. The van der Waals surface area contributed by atoms with Crippen LogP contribution in [0.3, 0.4) is 0 Å². The van der Waals surface area contributed by atoms with Crippen LogP contribution in [0, 0.1) is 0 Å². The van der Waals surface area contributed by atoms with Crippen LogP contribution in [0.4, 0.5) is 9.93 Å². The van der Waals surface area contributed by atoms with Crippen molar-refractivity contribution < 1.29 is 9.53 Å². The van der Waals surface area contributed by atoms with Gasteiger partial charge in [0.15, 0.2) is 5.13 Å². The zero-order valence-electron chi connectivity index (χ0n) is 11.5. The number of carbonyl (C=O) groups excluding carboxylic acids is 1. The molecular weight excluding hydrogens is 332 g/mol.